The number of H-pyrrole nitrogens is 1. The number of pyridine rings is 2. The molecule has 0 amide bonds. The van der Waals surface area contributed by atoms with Crippen LogP contribution in [0.5, 0.6) is 0 Å². The Morgan fingerprint density at radius 2 is 1.93 bits per heavy atom. The summed E-state index contributed by atoms with van der Waals surface area (Å²) in [6.45, 7) is 0. The second kappa shape index (κ2) is 7.74. The van der Waals surface area contributed by atoms with E-state index >= 15 is 0 Å². The molecule has 0 radical (unpaired) electrons. The van der Waals surface area contributed by atoms with E-state index < -0.39 is 25.6 Å². The third kappa shape index (κ3) is 4.10. The molecule has 1 unspecified atom stereocenters. The minimum atomic E-state index is -3.68. The van der Waals surface area contributed by atoms with Crippen LogP contribution in [-0.2, 0) is 9.84 Å². The summed E-state index contributed by atoms with van der Waals surface area (Å²) in [5.41, 5.74) is 1.18. The molecule has 27 heavy (non-hydrogen) atoms. The zero-order valence-electron chi connectivity index (χ0n) is 14.4. The van der Waals surface area contributed by atoms with Crippen molar-refractivity contribution in [2.24, 2.45) is 0 Å². The molecule has 1 N–H and O–H groups in total. The standard InChI is InChI=1S/C18H18AsClN4O2S/c20-18-9-14(27(25,26)13-6-3-7-21-11-13)8-16(22-18)19-17-10-15(23-24-17)12-4-1-2-5-12/h3,6-12,19H,1-2,4-5H2,(H,23,24). The summed E-state index contributed by atoms with van der Waals surface area (Å²) >= 11 is 5.23. The maximum atomic E-state index is 12.8. The Morgan fingerprint density at radius 3 is 2.67 bits per heavy atom. The minimum absolute atomic E-state index is 0.140. The van der Waals surface area contributed by atoms with Crippen molar-refractivity contribution in [3.05, 3.63) is 53.6 Å². The molecule has 3 aromatic heterocycles. The molecule has 0 saturated heterocycles. The van der Waals surface area contributed by atoms with E-state index in [-0.39, 0.29) is 14.9 Å². The van der Waals surface area contributed by atoms with Crippen LogP contribution in [0, 0.1) is 0 Å². The van der Waals surface area contributed by atoms with Gasteiger partial charge in [-0.05, 0) is 0 Å². The summed E-state index contributed by atoms with van der Waals surface area (Å²) in [6.07, 6.45) is 7.80. The Balaban J connectivity index is 1.61. The molecule has 1 aliphatic rings. The Kier molecular flexibility index (Phi) is 5.35. The van der Waals surface area contributed by atoms with Crippen molar-refractivity contribution in [2.45, 2.75) is 41.4 Å². The number of aromatic amines is 1. The van der Waals surface area contributed by atoms with Gasteiger partial charge in [-0.2, -0.15) is 0 Å². The van der Waals surface area contributed by atoms with Crippen LogP contribution in [0.2, 0.25) is 5.15 Å². The van der Waals surface area contributed by atoms with E-state index in [1.165, 1.54) is 55.9 Å². The SMILES string of the molecule is O=S(=O)(c1cccnc1)c1cc(Cl)nc([AsH]c2cc(C3CCCC3)[nH]n2)c1. The fourth-order valence-corrected chi connectivity index (χ4v) is 7.33. The fourth-order valence-electron chi connectivity index (χ4n) is 3.31. The van der Waals surface area contributed by atoms with Crippen LogP contribution >= 0.6 is 11.6 Å². The first kappa shape index (κ1) is 18.7. The molecule has 3 heterocycles. The van der Waals surface area contributed by atoms with Gasteiger partial charge in [0.25, 0.3) is 0 Å². The number of halogens is 1. The van der Waals surface area contributed by atoms with Crippen molar-refractivity contribution < 1.29 is 8.42 Å². The molecule has 140 valence electrons. The average molecular weight is 465 g/mol. The van der Waals surface area contributed by atoms with E-state index in [1.807, 2.05) is 0 Å². The zero-order valence-corrected chi connectivity index (χ0v) is 18.1. The van der Waals surface area contributed by atoms with E-state index in [4.69, 9.17) is 11.6 Å². The van der Waals surface area contributed by atoms with E-state index in [9.17, 15) is 8.42 Å². The van der Waals surface area contributed by atoms with Crippen molar-refractivity contribution in [3.8, 4) is 0 Å². The van der Waals surface area contributed by atoms with Gasteiger partial charge in [0.15, 0.2) is 0 Å². The summed E-state index contributed by atoms with van der Waals surface area (Å²) in [7, 11) is -3.68. The second-order valence-corrected chi connectivity index (χ2v) is 11.5. The van der Waals surface area contributed by atoms with Crippen LogP contribution in [0.3, 0.4) is 0 Å². The monoisotopic (exact) mass is 464 g/mol. The van der Waals surface area contributed by atoms with Crippen LogP contribution in [-0.4, -0.2) is 44.3 Å². The van der Waals surface area contributed by atoms with Crippen LogP contribution in [0.15, 0.2) is 52.5 Å². The van der Waals surface area contributed by atoms with Gasteiger partial charge in [0.05, 0.1) is 0 Å². The number of nitrogens with zero attached hydrogens (tertiary/aromatic N) is 3. The Morgan fingerprint density at radius 1 is 1.11 bits per heavy atom. The maximum absolute atomic E-state index is 12.8. The van der Waals surface area contributed by atoms with Gasteiger partial charge in [-0.15, -0.1) is 0 Å². The van der Waals surface area contributed by atoms with Crippen LogP contribution < -0.4 is 8.96 Å². The summed E-state index contributed by atoms with van der Waals surface area (Å²) in [4.78, 5) is 8.51. The summed E-state index contributed by atoms with van der Waals surface area (Å²) in [5, 5.41) is 7.74. The number of hydrogen-bond acceptors (Lipinski definition) is 5. The Bertz CT molecular complexity index is 1050. The molecule has 1 atom stereocenters. The predicted molar refractivity (Wildman–Crippen MR) is 105 cm³/mol. The van der Waals surface area contributed by atoms with Crippen molar-refractivity contribution >= 4 is 46.2 Å². The summed E-state index contributed by atoms with van der Waals surface area (Å²) < 4.78 is 27.3. The molecule has 0 spiro atoms. The van der Waals surface area contributed by atoms with Crippen LogP contribution in [0.25, 0.3) is 0 Å². The zero-order chi connectivity index (χ0) is 18.9. The van der Waals surface area contributed by atoms with Gasteiger partial charge in [-0.1, -0.05) is 0 Å². The van der Waals surface area contributed by atoms with E-state index in [1.54, 1.807) is 12.1 Å². The van der Waals surface area contributed by atoms with Crippen molar-refractivity contribution in [2.75, 3.05) is 0 Å². The number of nitrogens with one attached hydrogen (secondary N) is 1. The van der Waals surface area contributed by atoms with Crippen molar-refractivity contribution in [1.82, 2.24) is 20.2 Å². The van der Waals surface area contributed by atoms with Crippen molar-refractivity contribution in [1.29, 1.82) is 0 Å². The molecule has 4 rings (SSSR count). The van der Waals surface area contributed by atoms with Gasteiger partial charge in [0.2, 0.25) is 0 Å². The van der Waals surface area contributed by atoms with Crippen LogP contribution in [0.4, 0.5) is 0 Å². The molecule has 0 aromatic carbocycles. The fraction of sp³-hybridized carbons (Fsp3) is 0.278. The Labute approximate surface area is 169 Å². The third-order valence-electron chi connectivity index (χ3n) is 4.67. The van der Waals surface area contributed by atoms with Gasteiger partial charge >= 0.3 is 170 Å². The van der Waals surface area contributed by atoms with Gasteiger partial charge in [0, 0.05) is 0 Å². The molecular weight excluding hydrogens is 447 g/mol. The van der Waals surface area contributed by atoms with Crippen LogP contribution in [0.1, 0.15) is 37.3 Å². The average Bonchev–Trinajstić information content (AvgIpc) is 3.33. The number of hydrogen-bond donors (Lipinski definition) is 1. The van der Waals surface area contributed by atoms with Crippen molar-refractivity contribution in [3.63, 3.8) is 0 Å². The summed E-state index contributed by atoms with van der Waals surface area (Å²) in [6, 6.07) is 8.22. The van der Waals surface area contributed by atoms with Gasteiger partial charge in [-0.3, -0.25) is 0 Å². The van der Waals surface area contributed by atoms with Gasteiger partial charge in [-0.25, -0.2) is 0 Å². The third-order valence-corrected chi connectivity index (χ3v) is 8.73. The van der Waals surface area contributed by atoms with E-state index in [0.717, 1.165) is 4.48 Å². The molecule has 9 heteroatoms. The molecular formula is C18H18AsClN4O2S. The topological polar surface area (TPSA) is 88.6 Å². The Hall–Kier alpha value is -1.69. The number of aromatic nitrogens is 4. The van der Waals surface area contributed by atoms with Gasteiger partial charge in [0.1, 0.15) is 0 Å². The molecule has 1 saturated carbocycles. The normalized spacial score (nSPS) is 15.7. The first-order chi connectivity index (χ1) is 13.0. The second-order valence-electron chi connectivity index (χ2n) is 6.52. The first-order valence-corrected chi connectivity index (χ1v) is 12.6. The van der Waals surface area contributed by atoms with E-state index in [2.05, 4.69) is 26.2 Å². The summed E-state index contributed by atoms with van der Waals surface area (Å²) in [5.74, 6) is 0.562. The first-order valence-electron chi connectivity index (χ1n) is 8.67. The number of sulfone groups is 1. The number of rotatable bonds is 5. The predicted octanol–water partition coefficient (Wildman–Crippen LogP) is 1.73. The molecule has 3 aromatic rings. The molecule has 0 aliphatic heterocycles. The quantitative estimate of drug-likeness (QED) is 0.459. The molecule has 6 nitrogen and oxygen atoms in total. The van der Waals surface area contributed by atoms with Gasteiger partial charge < -0.3 is 0 Å². The molecule has 1 fully saturated rings. The molecule has 0 bridgehead atoms. The van der Waals surface area contributed by atoms with E-state index in [0.29, 0.717) is 10.4 Å². The molecule has 1 aliphatic carbocycles.